The molecule has 0 saturated heterocycles. The van der Waals surface area contributed by atoms with Gasteiger partial charge in [-0.2, -0.15) is 5.26 Å². The molecule has 24 heavy (non-hydrogen) atoms. The third-order valence-electron chi connectivity index (χ3n) is 4.08. The van der Waals surface area contributed by atoms with Gasteiger partial charge in [-0.05, 0) is 12.8 Å². The van der Waals surface area contributed by atoms with E-state index in [-0.39, 0.29) is 5.71 Å². The SMILES string of the molecule is CCCCCCCCCCCCCCCCON=C(C#N)C(N)=O. The smallest absolute Gasteiger partial charge is 0.281 e. The molecule has 0 aliphatic rings. The lowest BCUT2D eigenvalue weighted by Crippen LogP contribution is -2.21. The largest absolute Gasteiger partial charge is 0.395 e. The monoisotopic (exact) mass is 337 g/mol. The molecule has 5 heteroatoms. The second-order valence-corrected chi connectivity index (χ2v) is 6.35. The first-order valence-electron chi connectivity index (χ1n) is 9.62. The first-order valence-corrected chi connectivity index (χ1v) is 9.62. The zero-order valence-corrected chi connectivity index (χ0v) is 15.4. The van der Waals surface area contributed by atoms with Gasteiger partial charge in [0.25, 0.3) is 5.91 Å². The average molecular weight is 338 g/mol. The Bertz CT molecular complexity index is 375. The molecule has 138 valence electrons. The molecule has 0 saturated carbocycles. The van der Waals surface area contributed by atoms with E-state index in [1.165, 1.54) is 77.0 Å². The highest BCUT2D eigenvalue weighted by Crippen LogP contribution is 2.12. The van der Waals surface area contributed by atoms with Gasteiger partial charge in [0.1, 0.15) is 12.7 Å². The predicted octanol–water partition coefficient (Wildman–Crippen LogP) is 4.85. The molecule has 0 bridgehead atoms. The molecular weight excluding hydrogens is 302 g/mol. The summed E-state index contributed by atoms with van der Waals surface area (Å²) >= 11 is 0. The Balaban J connectivity index is 3.21. The molecule has 0 aromatic carbocycles. The molecule has 0 radical (unpaired) electrons. The molecule has 0 aliphatic heterocycles. The maximum atomic E-state index is 10.7. The van der Waals surface area contributed by atoms with Gasteiger partial charge >= 0.3 is 0 Å². The first kappa shape index (κ1) is 22.4. The van der Waals surface area contributed by atoms with Crippen LogP contribution in [-0.4, -0.2) is 18.2 Å². The van der Waals surface area contributed by atoms with E-state index in [4.69, 9.17) is 15.8 Å². The molecular formula is C19H35N3O2. The van der Waals surface area contributed by atoms with Gasteiger partial charge in [-0.15, -0.1) is 0 Å². The standard InChI is InChI=1S/C19H35N3O2/c1-2-3-4-5-6-7-8-9-10-11-12-13-14-15-16-24-22-18(17-20)19(21)23/h2-16H2,1H3,(H2,21,23). The van der Waals surface area contributed by atoms with Crippen LogP contribution in [0, 0.1) is 11.3 Å². The predicted molar refractivity (Wildman–Crippen MR) is 98.5 cm³/mol. The number of carbonyl (C=O) groups excluding carboxylic acids is 1. The van der Waals surface area contributed by atoms with E-state index in [2.05, 4.69) is 12.1 Å². The lowest BCUT2D eigenvalue weighted by Gasteiger charge is -2.03. The molecule has 0 aromatic rings. The molecule has 0 spiro atoms. The minimum atomic E-state index is -0.849. The van der Waals surface area contributed by atoms with Gasteiger partial charge in [-0.1, -0.05) is 89.1 Å². The fourth-order valence-electron chi connectivity index (χ4n) is 2.59. The second-order valence-electron chi connectivity index (χ2n) is 6.35. The zero-order chi connectivity index (χ0) is 17.9. The van der Waals surface area contributed by atoms with Crippen molar-refractivity contribution in [3.8, 4) is 6.07 Å². The Hall–Kier alpha value is -1.57. The van der Waals surface area contributed by atoms with Gasteiger partial charge in [0.05, 0.1) is 0 Å². The van der Waals surface area contributed by atoms with Crippen molar-refractivity contribution >= 4 is 11.6 Å². The molecule has 0 fully saturated rings. The van der Waals surface area contributed by atoms with Crippen molar-refractivity contribution in [3.63, 3.8) is 0 Å². The number of rotatable bonds is 17. The van der Waals surface area contributed by atoms with Crippen molar-refractivity contribution in [2.24, 2.45) is 10.9 Å². The molecule has 5 nitrogen and oxygen atoms in total. The number of carbonyl (C=O) groups is 1. The van der Waals surface area contributed by atoms with Crippen LogP contribution in [0.1, 0.15) is 96.8 Å². The summed E-state index contributed by atoms with van der Waals surface area (Å²) in [5.74, 6) is -0.849. The quantitative estimate of drug-likeness (QED) is 0.234. The van der Waals surface area contributed by atoms with E-state index in [0.29, 0.717) is 6.61 Å². The van der Waals surface area contributed by atoms with Crippen LogP contribution in [0.2, 0.25) is 0 Å². The molecule has 0 rings (SSSR count). The first-order chi connectivity index (χ1) is 11.7. The van der Waals surface area contributed by atoms with Gasteiger partial charge in [0, 0.05) is 0 Å². The topological polar surface area (TPSA) is 88.5 Å². The fourth-order valence-corrected chi connectivity index (χ4v) is 2.59. The zero-order valence-electron chi connectivity index (χ0n) is 15.4. The van der Waals surface area contributed by atoms with Crippen molar-refractivity contribution in [1.82, 2.24) is 0 Å². The Kier molecular flexibility index (Phi) is 16.6. The van der Waals surface area contributed by atoms with Gasteiger partial charge in [0.15, 0.2) is 0 Å². The summed E-state index contributed by atoms with van der Waals surface area (Å²) in [5.41, 5.74) is 4.57. The van der Waals surface area contributed by atoms with Crippen LogP contribution in [0.15, 0.2) is 5.16 Å². The summed E-state index contributed by atoms with van der Waals surface area (Å²) in [4.78, 5) is 15.6. The Morgan fingerprint density at radius 2 is 1.29 bits per heavy atom. The van der Waals surface area contributed by atoms with E-state index in [1.807, 2.05) is 0 Å². The number of nitriles is 1. The number of amides is 1. The number of hydrogen-bond donors (Lipinski definition) is 1. The summed E-state index contributed by atoms with van der Waals surface area (Å²) < 4.78 is 0. The van der Waals surface area contributed by atoms with Crippen LogP contribution in [-0.2, 0) is 9.63 Å². The highest BCUT2D eigenvalue weighted by Gasteiger charge is 2.05. The van der Waals surface area contributed by atoms with Gasteiger partial charge in [0.2, 0.25) is 5.71 Å². The summed E-state index contributed by atoms with van der Waals surface area (Å²) in [6.45, 7) is 2.69. The van der Waals surface area contributed by atoms with E-state index < -0.39 is 5.91 Å². The van der Waals surface area contributed by atoms with Crippen molar-refractivity contribution in [3.05, 3.63) is 0 Å². The third-order valence-corrected chi connectivity index (χ3v) is 4.08. The second kappa shape index (κ2) is 17.8. The van der Waals surface area contributed by atoms with Crippen LogP contribution >= 0.6 is 0 Å². The minimum Gasteiger partial charge on any atom is -0.395 e. The lowest BCUT2D eigenvalue weighted by molar-refractivity contribution is -0.112. The average Bonchev–Trinajstić information content (AvgIpc) is 2.57. The van der Waals surface area contributed by atoms with Crippen molar-refractivity contribution in [2.45, 2.75) is 96.8 Å². The van der Waals surface area contributed by atoms with Gasteiger partial charge in [-0.3, -0.25) is 4.79 Å². The van der Waals surface area contributed by atoms with Crippen molar-refractivity contribution in [2.75, 3.05) is 6.61 Å². The number of primary amides is 1. The molecule has 0 aliphatic carbocycles. The lowest BCUT2D eigenvalue weighted by atomic mass is 10.0. The molecule has 1 amide bonds. The molecule has 2 N–H and O–H groups in total. The van der Waals surface area contributed by atoms with Gasteiger partial charge in [-0.25, -0.2) is 0 Å². The number of nitrogens with zero attached hydrogens (tertiary/aromatic N) is 2. The Labute approximate surface area is 147 Å². The molecule has 0 aromatic heterocycles. The van der Waals surface area contributed by atoms with Crippen LogP contribution in [0.25, 0.3) is 0 Å². The van der Waals surface area contributed by atoms with Crippen LogP contribution in [0.4, 0.5) is 0 Å². The van der Waals surface area contributed by atoms with Crippen LogP contribution in [0.3, 0.4) is 0 Å². The summed E-state index contributed by atoms with van der Waals surface area (Å²) in [6.07, 6.45) is 18.2. The number of unbranched alkanes of at least 4 members (excludes halogenated alkanes) is 13. The Morgan fingerprint density at radius 1 is 0.875 bits per heavy atom. The molecule has 0 unspecified atom stereocenters. The Morgan fingerprint density at radius 3 is 1.67 bits per heavy atom. The normalized spacial score (nSPS) is 11.2. The maximum Gasteiger partial charge on any atom is 0.281 e. The van der Waals surface area contributed by atoms with Crippen LogP contribution < -0.4 is 5.73 Å². The molecule has 0 atom stereocenters. The number of oxime groups is 1. The fraction of sp³-hybridized carbons (Fsp3) is 0.842. The summed E-state index contributed by atoms with van der Waals surface area (Å²) in [7, 11) is 0. The highest BCUT2D eigenvalue weighted by molar-refractivity contribution is 6.44. The van der Waals surface area contributed by atoms with E-state index in [9.17, 15) is 4.79 Å². The van der Waals surface area contributed by atoms with E-state index in [0.717, 1.165) is 12.8 Å². The number of nitrogens with two attached hydrogens (primary N) is 1. The van der Waals surface area contributed by atoms with Crippen molar-refractivity contribution in [1.29, 1.82) is 5.26 Å². The molecule has 0 heterocycles. The third kappa shape index (κ3) is 15.3. The van der Waals surface area contributed by atoms with Crippen LogP contribution in [0.5, 0.6) is 0 Å². The minimum absolute atomic E-state index is 0.375. The summed E-state index contributed by atoms with van der Waals surface area (Å²) in [6, 6.07) is 1.60. The maximum absolute atomic E-state index is 10.7. The van der Waals surface area contributed by atoms with Crippen molar-refractivity contribution < 1.29 is 9.63 Å². The van der Waals surface area contributed by atoms with E-state index in [1.54, 1.807) is 6.07 Å². The highest BCUT2D eigenvalue weighted by atomic mass is 16.6. The number of hydrogen-bond acceptors (Lipinski definition) is 4. The van der Waals surface area contributed by atoms with Gasteiger partial charge < -0.3 is 10.6 Å². The van der Waals surface area contributed by atoms with E-state index >= 15 is 0 Å². The summed E-state index contributed by atoms with van der Waals surface area (Å²) in [5, 5.41) is 12.0.